The van der Waals surface area contributed by atoms with Crippen molar-refractivity contribution in [3.8, 4) is 11.1 Å². The van der Waals surface area contributed by atoms with Crippen LogP contribution >= 0.6 is 0 Å². The van der Waals surface area contributed by atoms with Crippen molar-refractivity contribution in [3.63, 3.8) is 0 Å². The second kappa shape index (κ2) is 16.4. The highest BCUT2D eigenvalue weighted by Gasteiger charge is 2.21. The summed E-state index contributed by atoms with van der Waals surface area (Å²) in [5.74, 6) is 1.37. The van der Waals surface area contributed by atoms with Crippen LogP contribution in [-0.2, 0) is 0 Å². The van der Waals surface area contributed by atoms with Gasteiger partial charge in [0, 0.05) is 33.5 Å². The second-order valence-electron chi connectivity index (χ2n) is 16.6. The fourth-order valence-electron chi connectivity index (χ4n) is 9.93. The number of fused-ring (bicyclic) bond motifs is 2. The Labute approximate surface area is 344 Å². The third-order valence-electron chi connectivity index (χ3n) is 13.1. The first-order valence-electron chi connectivity index (χ1n) is 21.7. The van der Waals surface area contributed by atoms with Crippen LogP contribution in [0.4, 0.5) is 34.1 Å². The zero-order valence-corrected chi connectivity index (χ0v) is 33.4. The fraction of sp³-hybridized carbons (Fsp3) is 0.214. The topological polar surface area (TPSA) is 6.48 Å². The highest BCUT2D eigenvalue weighted by Crippen LogP contribution is 2.43. The molecule has 58 heavy (non-hydrogen) atoms. The van der Waals surface area contributed by atoms with Crippen molar-refractivity contribution in [2.45, 2.75) is 76.0 Å². The Hall–Kier alpha value is -6.12. The van der Waals surface area contributed by atoms with Gasteiger partial charge in [-0.15, -0.1) is 0 Å². The molecule has 2 aliphatic carbocycles. The molecule has 2 aliphatic rings. The molecule has 8 aromatic carbocycles. The molecule has 0 heterocycles. The zero-order valence-electron chi connectivity index (χ0n) is 33.4. The van der Waals surface area contributed by atoms with E-state index in [0.717, 1.165) is 11.4 Å². The lowest BCUT2D eigenvalue weighted by Gasteiger charge is -2.28. The molecule has 0 saturated heterocycles. The quantitative estimate of drug-likeness (QED) is 0.145. The largest absolute Gasteiger partial charge is 0.310 e. The summed E-state index contributed by atoms with van der Waals surface area (Å²) in [7, 11) is 0. The number of hydrogen-bond acceptors (Lipinski definition) is 2. The van der Waals surface area contributed by atoms with Crippen LogP contribution in [0.2, 0.25) is 0 Å². The van der Waals surface area contributed by atoms with Crippen molar-refractivity contribution in [2.75, 3.05) is 9.80 Å². The van der Waals surface area contributed by atoms with E-state index in [2.05, 4.69) is 192 Å². The van der Waals surface area contributed by atoms with Crippen LogP contribution in [0.15, 0.2) is 182 Å². The molecule has 0 aliphatic heterocycles. The van der Waals surface area contributed by atoms with Gasteiger partial charge in [0.25, 0.3) is 0 Å². The number of benzene rings is 8. The van der Waals surface area contributed by atoms with Crippen molar-refractivity contribution < 1.29 is 0 Å². The molecule has 286 valence electrons. The van der Waals surface area contributed by atoms with E-state index in [9.17, 15) is 0 Å². The van der Waals surface area contributed by atoms with E-state index in [0.29, 0.717) is 11.8 Å². The Balaban J connectivity index is 0.982. The van der Waals surface area contributed by atoms with Crippen LogP contribution in [0.5, 0.6) is 0 Å². The fourth-order valence-corrected chi connectivity index (χ4v) is 9.93. The molecule has 0 radical (unpaired) electrons. The van der Waals surface area contributed by atoms with Crippen LogP contribution in [0.25, 0.3) is 32.7 Å². The first-order valence-corrected chi connectivity index (χ1v) is 21.7. The molecule has 0 spiro atoms. The Morgan fingerprint density at radius 2 is 0.621 bits per heavy atom. The summed E-state index contributed by atoms with van der Waals surface area (Å²) in [5, 5.41) is 5.00. The van der Waals surface area contributed by atoms with Crippen LogP contribution in [0.3, 0.4) is 0 Å². The second-order valence-corrected chi connectivity index (χ2v) is 16.6. The van der Waals surface area contributed by atoms with E-state index in [4.69, 9.17) is 0 Å². The number of rotatable bonds is 9. The lowest BCUT2D eigenvalue weighted by molar-refractivity contribution is 0.443. The monoisotopic (exact) mass is 752 g/mol. The molecule has 2 fully saturated rings. The standard InChI is InChI=1S/C56H52N2/c1-3-13-41(14-4-1)43-25-33-49(34-26-43)57(55-23-11-19-47-17-7-9-21-53(47)55)51-37-29-45(30-38-51)46-31-39-52(40-32-46)58(56-24-12-20-48-18-8-10-22-54(48)56)50-35-27-44(28-36-50)42-15-5-2-6-16-42/h7-12,17-42H,1-6,13-16H2. The number of nitrogens with zero attached hydrogens (tertiary/aromatic N) is 2. The SMILES string of the molecule is c1ccc2c(N(c3ccc(-c4ccc(N(c5ccc(C6CCCCC6)cc5)c5cccc6ccccc56)cc4)cc3)c3ccc(C4CCCCC4)cc3)cccc2c1. The van der Waals surface area contributed by atoms with Gasteiger partial charge in [-0.25, -0.2) is 0 Å². The van der Waals surface area contributed by atoms with E-state index in [-0.39, 0.29) is 0 Å². The van der Waals surface area contributed by atoms with E-state index >= 15 is 0 Å². The van der Waals surface area contributed by atoms with Gasteiger partial charge >= 0.3 is 0 Å². The minimum absolute atomic E-state index is 0.686. The summed E-state index contributed by atoms with van der Waals surface area (Å²) >= 11 is 0. The smallest absolute Gasteiger partial charge is 0.0540 e. The molecule has 8 aromatic rings. The lowest BCUT2D eigenvalue weighted by atomic mass is 9.84. The van der Waals surface area contributed by atoms with Crippen molar-refractivity contribution in [1.29, 1.82) is 0 Å². The molecule has 0 aromatic heterocycles. The first-order chi connectivity index (χ1) is 28.8. The van der Waals surface area contributed by atoms with Gasteiger partial charge in [0.2, 0.25) is 0 Å². The van der Waals surface area contributed by atoms with E-state index in [1.807, 2.05) is 0 Å². The lowest BCUT2D eigenvalue weighted by Crippen LogP contribution is -2.11. The molecule has 0 unspecified atom stereocenters. The van der Waals surface area contributed by atoms with Crippen molar-refractivity contribution in [1.82, 2.24) is 0 Å². The molecule has 2 heteroatoms. The average Bonchev–Trinajstić information content (AvgIpc) is 3.31. The summed E-state index contributed by atoms with van der Waals surface area (Å²) in [6, 6.07) is 67.9. The Morgan fingerprint density at radius 3 is 1.00 bits per heavy atom. The summed E-state index contributed by atoms with van der Waals surface area (Å²) in [6.45, 7) is 0. The van der Waals surface area contributed by atoms with Crippen molar-refractivity contribution >= 4 is 55.7 Å². The van der Waals surface area contributed by atoms with Gasteiger partial charge in [-0.2, -0.15) is 0 Å². The predicted molar refractivity (Wildman–Crippen MR) is 248 cm³/mol. The van der Waals surface area contributed by atoms with Gasteiger partial charge in [-0.05, 0) is 131 Å². The normalized spacial score (nSPS) is 15.1. The predicted octanol–water partition coefficient (Wildman–Crippen LogP) is 16.7. The third-order valence-corrected chi connectivity index (χ3v) is 13.1. The van der Waals surface area contributed by atoms with Gasteiger partial charge in [-0.1, -0.05) is 160 Å². The van der Waals surface area contributed by atoms with Gasteiger partial charge in [-0.3, -0.25) is 0 Å². The minimum atomic E-state index is 0.686. The number of anilines is 6. The highest BCUT2D eigenvalue weighted by atomic mass is 15.1. The maximum absolute atomic E-state index is 2.43. The van der Waals surface area contributed by atoms with Gasteiger partial charge in [0.05, 0.1) is 11.4 Å². The first kappa shape index (κ1) is 36.2. The minimum Gasteiger partial charge on any atom is -0.310 e. The molecule has 2 nitrogen and oxygen atoms in total. The van der Waals surface area contributed by atoms with Crippen LogP contribution in [-0.4, -0.2) is 0 Å². The average molecular weight is 753 g/mol. The van der Waals surface area contributed by atoms with Crippen LogP contribution in [0.1, 0.15) is 87.2 Å². The number of hydrogen-bond donors (Lipinski definition) is 0. The van der Waals surface area contributed by atoms with Crippen LogP contribution < -0.4 is 9.80 Å². The van der Waals surface area contributed by atoms with Gasteiger partial charge < -0.3 is 9.80 Å². The van der Waals surface area contributed by atoms with Crippen LogP contribution in [0, 0.1) is 0 Å². The molecular weight excluding hydrogens is 701 g/mol. The summed E-state index contributed by atoms with van der Waals surface area (Å²) in [6.07, 6.45) is 13.4. The van der Waals surface area contributed by atoms with E-state index < -0.39 is 0 Å². The Kier molecular flexibility index (Phi) is 10.2. The zero-order chi connectivity index (χ0) is 38.7. The van der Waals surface area contributed by atoms with Crippen molar-refractivity contribution in [2.24, 2.45) is 0 Å². The highest BCUT2D eigenvalue weighted by molar-refractivity contribution is 6.00. The summed E-state index contributed by atoms with van der Waals surface area (Å²) in [4.78, 5) is 4.86. The van der Waals surface area contributed by atoms with E-state index in [1.54, 1.807) is 0 Å². The summed E-state index contributed by atoms with van der Waals surface area (Å²) < 4.78 is 0. The van der Waals surface area contributed by atoms with Gasteiger partial charge in [0.15, 0.2) is 0 Å². The van der Waals surface area contributed by atoms with Gasteiger partial charge in [0.1, 0.15) is 0 Å². The molecule has 0 atom stereocenters. The molecule has 0 amide bonds. The molecule has 0 N–H and O–H groups in total. The summed E-state index contributed by atoms with van der Waals surface area (Å²) in [5.41, 5.74) is 12.4. The third kappa shape index (κ3) is 7.29. The van der Waals surface area contributed by atoms with Crippen molar-refractivity contribution in [3.05, 3.63) is 193 Å². The molecular formula is C56H52N2. The molecule has 2 saturated carbocycles. The molecule has 0 bridgehead atoms. The maximum Gasteiger partial charge on any atom is 0.0540 e. The maximum atomic E-state index is 2.43. The molecule has 10 rings (SSSR count). The Bertz CT molecular complexity index is 2410. The Morgan fingerprint density at radius 1 is 0.293 bits per heavy atom. The van der Waals surface area contributed by atoms with E-state index in [1.165, 1.54) is 131 Å².